The zero-order valence-corrected chi connectivity index (χ0v) is 13.4. The van der Waals surface area contributed by atoms with E-state index < -0.39 is 28.1 Å². The highest BCUT2D eigenvalue weighted by molar-refractivity contribution is 7.89. The van der Waals surface area contributed by atoms with Crippen LogP contribution < -0.4 is 9.46 Å². The Morgan fingerprint density at radius 2 is 2.22 bits per heavy atom. The minimum atomic E-state index is -3.98. The zero-order valence-electron chi connectivity index (χ0n) is 12.6. The van der Waals surface area contributed by atoms with Gasteiger partial charge in [-0.15, -0.1) is 0 Å². The number of hydrogen-bond donors (Lipinski definition) is 3. The van der Waals surface area contributed by atoms with Crippen LogP contribution in [0.2, 0.25) is 0 Å². The Hall–Kier alpha value is -1.68. The number of carboxylic acid groups (broad SMARTS) is 1. The number of aliphatic hydroxyl groups is 1. The number of rotatable bonds is 6. The molecule has 1 aliphatic heterocycles. The van der Waals surface area contributed by atoms with Gasteiger partial charge in [-0.1, -0.05) is 6.07 Å². The minimum absolute atomic E-state index is 0.0589. The fraction of sp³-hybridized carbons (Fsp3) is 0.500. The standard InChI is InChI=1S/C14H19NO7S/c1-21-12-3-2-9(7-14(17)18)6-13(12)23(19,20)15-10-4-5-22-8-11(10)16/h2-3,6,10-11,15-16H,4-5,7-8H2,1H3,(H,17,18)/t10-,11-/m1/s1. The van der Waals surface area contributed by atoms with Crippen molar-refractivity contribution in [2.45, 2.75) is 29.9 Å². The molecule has 0 aliphatic carbocycles. The van der Waals surface area contributed by atoms with Crippen LogP contribution in [0, 0.1) is 0 Å². The molecule has 0 spiro atoms. The number of nitrogens with one attached hydrogen (secondary N) is 1. The number of carboxylic acids is 1. The second-order valence-electron chi connectivity index (χ2n) is 5.21. The van der Waals surface area contributed by atoms with Crippen LogP contribution in [0.25, 0.3) is 0 Å². The van der Waals surface area contributed by atoms with E-state index in [-0.39, 0.29) is 23.7 Å². The second-order valence-corrected chi connectivity index (χ2v) is 6.90. The van der Waals surface area contributed by atoms with Gasteiger partial charge in [0.1, 0.15) is 10.6 Å². The third-order valence-electron chi connectivity index (χ3n) is 3.51. The first-order valence-electron chi connectivity index (χ1n) is 7.00. The molecule has 3 N–H and O–H groups in total. The fourth-order valence-corrected chi connectivity index (χ4v) is 3.86. The van der Waals surface area contributed by atoms with Crippen LogP contribution in [-0.4, -0.2) is 57.1 Å². The summed E-state index contributed by atoms with van der Waals surface area (Å²) in [5.41, 5.74) is 0.339. The van der Waals surface area contributed by atoms with Crippen molar-refractivity contribution in [3.8, 4) is 5.75 Å². The maximum Gasteiger partial charge on any atom is 0.307 e. The van der Waals surface area contributed by atoms with Gasteiger partial charge in [-0.25, -0.2) is 13.1 Å². The summed E-state index contributed by atoms with van der Waals surface area (Å²) in [5, 5.41) is 18.7. The lowest BCUT2D eigenvalue weighted by molar-refractivity contribution is -0.136. The van der Waals surface area contributed by atoms with Crippen molar-refractivity contribution in [2.75, 3.05) is 20.3 Å². The van der Waals surface area contributed by atoms with Crippen LogP contribution in [0.4, 0.5) is 0 Å². The van der Waals surface area contributed by atoms with Crippen molar-refractivity contribution < 1.29 is 32.9 Å². The molecule has 23 heavy (non-hydrogen) atoms. The third-order valence-corrected chi connectivity index (χ3v) is 5.02. The average molecular weight is 345 g/mol. The first-order chi connectivity index (χ1) is 10.8. The summed E-state index contributed by atoms with van der Waals surface area (Å²) in [7, 11) is -2.65. The Balaban J connectivity index is 2.31. The zero-order chi connectivity index (χ0) is 17.0. The summed E-state index contributed by atoms with van der Waals surface area (Å²) in [6.07, 6.45) is -0.893. The molecule has 0 bridgehead atoms. The van der Waals surface area contributed by atoms with E-state index in [1.54, 1.807) is 0 Å². The lowest BCUT2D eigenvalue weighted by Gasteiger charge is -2.28. The van der Waals surface area contributed by atoms with Crippen LogP contribution in [0.15, 0.2) is 23.1 Å². The maximum absolute atomic E-state index is 12.6. The number of aliphatic carboxylic acids is 1. The predicted octanol–water partition coefficient (Wildman–Crippen LogP) is -0.250. The number of carbonyl (C=O) groups is 1. The molecule has 1 saturated heterocycles. The quantitative estimate of drug-likeness (QED) is 0.650. The highest BCUT2D eigenvalue weighted by atomic mass is 32.2. The largest absolute Gasteiger partial charge is 0.495 e. The summed E-state index contributed by atoms with van der Waals surface area (Å²) >= 11 is 0. The molecule has 1 fully saturated rings. The first kappa shape index (κ1) is 17.7. The van der Waals surface area contributed by atoms with E-state index in [4.69, 9.17) is 14.6 Å². The number of methoxy groups -OCH3 is 1. The van der Waals surface area contributed by atoms with Crippen LogP contribution >= 0.6 is 0 Å². The van der Waals surface area contributed by atoms with Crippen LogP contribution in [0.3, 0.4) is 0 Å². The minimum Gasteiger partial charge on any atom is -0.495 e. The molecular formula is C14H19NO7S. The SMILES string of the molecule is COc1ccc(CC(=O)O)cc1S(=O)(=O)N[C@@H]1CCOC[C@H]1O. The van der Waals surface area contributed by atoms with Crippen molar-refractivity contribution in [3.05, 3.63) is 23.8 Å². The molecule has 2 atom stereocenters. The van der Waals surface area contributed by atoms with Gasteiger partial charge in [0.05, 0.1) is 32.3 Å². The van der Waals surface area contributed by atoms with Crippen LogP contribution in [0.5, 0.6) is 5.75 Å². The molecule has 8 nitrogen and oxygen atoms in total. The van der Waals surface area contributed by atoms with Gasteiger partial charge in [-0.05, 0) is 24.1 Å². The highest BCUT2D eigenvalue weighted by Gasteiger charge is 2.30. The van der Waals surface area contributed by atoms with Gasteiger partial charge in [0.15, 0.2) is 0 Å². The van der Waals surface area contributed by atoms with E-state index in [1.165, 1.54) is 25.3 Å². The lowest BCUT2D eigenvalue weighted by atomic mass is 10.1. The van der Waals surface area contributed by atoms with Crippen molar-refractivity contribution in [2.24, 2.45) is 0 Å². The number of benzene rings is 1. The third kappa shape index (κ3) is 4.41. The van der Waals surface area contributed by atoms with Gasteiger partial charge in [0, 0.05) is 6.61 Å². The van der Waals surface area contributed by atoms with E-state index in [9.17, 15) is 18.3 Å². The summed E-state index contributed by atoms with van der Waals surface area (Å²) in [6.45, 7) is 0.407. The van der Waals surface area contributed by atoms with Gasteiger partial charge in [0.25, 0.3) is 0 Å². The van der Waals surface area contributed by atoms with Crippen molar-refractivity contribution in [1.82, 2.24) is 4.72 Å². The number of ether oxygens (including phenoxy) is 2. The average Bonchev–Trinajstić information content (AvgIpc) is 2.49. The lowest BCUT2D eigenvalue weighted by Crippen LogP contribution is -2.48. The number of hydrogen-bond acceptors (Lipinski definition) is 6. The Kier molecular flexibility index (Phi) is 5.58. The summed E-state index contributed by atoms with van der Waals surface area (Å²) in [5.74, 6) is -0.959. The highest BCUT2D eigenvalue weighted by Crippen LogP contribution is 2.26. The predicted molar refractivity (Wildman–Crippen MR) is 79.9 cm³/mol. The fourth-order valence-electron chi connectivity index (χ4n) is 2.34. The molecule has 0 saturated carbocycles. The second kappa shape index (κ2) is 7.26. The van der Waals surface area contributed by atoms with Gasteiger partial charge in [-0.3, -0.25) is 4.79 Å². The molecule has 0 aromatic heterocycles. The van der Waals surface area contributed by atoms with Crippen molar-refractivity contribution >= 4 is 16.0 Å². The Morgan fingerprint density at radius 1 is 1.48 bits per heavy atom. The molecule has 9 heteroatoms. The Bertz CT molecular complexity index is 674. The smallest absolute Gasteiger partial charge is 0.307 e. The van der Waals surface area contributed by atoms with E-state index in [0.29, 0.717) is 18.6 Å². The molecule has 0 radical (unpaired) electrons. The van der Waals surface area contributed by atoms with E-state index in [2.05, 4.69) is 4.72 Å². The molecule has 1 heterocycles. The number of sulfonamides is 1. The van der Waals surface area contributed by atoms with Crippen LogP contribution in [0.1, 0.15) is 12.0 Å². The molecule has 1 aromatic rings. The molecule has 1 aliphatic rings. The summed E-state index contributed by atoms with van der Waals surface area (Å²) in [6, 6.07) is 3.50. The maximum atomic E-state index is 12.6. The summed E-state index contributed by atoms with van der Waals surface area (Å²) in [4.78, 5) is 10.6. The van der Waals surface area contributed by atoms with Gasteiger partial charge < -0.3 is 19.7 Å². The normalized spacial score (nSPS) is 21.8. The van der Waals surface area contributed by atoms with Gasteiger partial charge in [-0.2, -0.15) is 0 Å². The van der Waals surface area contributed by atoms with Crippen molar-refractivity contribution in [1.29, 1.82) is 0 Å². The van der Waals surface area contributed by atoms with E-state index >= 15 is 0 Å². The molecule has 2 rings (SSSR count). The monoisotopic (exact) mass is 345 g/mol. The molecular weight excluding hydrogens is 326 g/mol. The Labute approximate surface area is 134 Å². The Morgan fingerprint density at radius 3 is 2.83 bits per heavy atom. The van der Waals surface area contributed by atoms with E-state index in [0.717, 1.165) is 0 Å². The van der Waals surface area contributed by atoms with Crippen LogP contribution in [-0.2, 0) is 26.0 Å². The topological polar surface area (TPSA) is 122 Å². The molecule has 1 aromatic carbocycles. The van der Waals surface area contributed by atoms with Gasteiger partial charge in [0.2, 0.25) is 10.0 Å². The van der Waals surface area contributed by atoms with E-state index in [1.807, 2.05) is 0 Å². The van der Waals surface area contributed by atoms with Gasteiger partial charge >= 0.3 is 5.97 Å². The number of aliphatic hydroxyl groups excluding tert-OH is 1. The van der Waals surface area contributed by atoms with Crippen molar-refractivity contribution in [3.63, 3.8) is 0 Å². The molecule has 0 amide bonds. The first-order valence-corrected chi connectivity index (χ1v) is 8.48. The molecule has 0 unspecified atom stereocenters. The molecule has 128 valence electrons. The summed E-state index contributed by atoms with van der Waals surface area (Å²) < 4.78 is 37.7.